The molecular formula is C13H14N6. The van der Waals surface area contributed by atoms with E-state index in [0.29, 0.717) is 11.6 Å². The van der Waals surface area contributed by atoms with E-state index in [1.54, 1.807) is 12.3 Å². The minimum Gasteiger partial charge on any atom is -0.366 e. The highest BCUT2D eigenvalue weighted by atomic mass is 15.3. The Morgan fingerprint density at radius 3 is 3.05 bits per heavy atom. The summed E-state index contributed by atoms with van der Waals surface area (Å²) in [4.78, 5) is 4.24. The molecule has 0 spiro atoms. The van der Waals surface area contributed by atoms with Gasteiger partial charge in [-0.05, 0) is 25.5 Å². The Morgan fingerprint density at radius 1 is 1.42 bits per heavy atom. The first-order valence-electron chi connectivity index (χ1n) is 6.27. The van der Waals surface area contributed by atoms with E-state index in [1.165, 1.54) is 0 Å². The van der Waals surface area contributed by atoms with Gasteiger partial charge < -0.3 is 9.88 Å². The topological polar surface area (TPSA) is 79.4 Å². The average Bonchev–Trinajstić information content (AvgIpc) is 2.81. The van der Waals surface area contributed by atoms with Crippen molar-refractivity contribution >= 4 is 5.82 Å². The Kier molecular flexibility index (Phi) is 2.88. The summed E-state index contributed by atoms with van der Waals surface area (Å²) < 4.78 is 2.14. The van der Waals surface area contributed by atoms with Crippen molar-refractivity contribution in [1.82, 2.24) is 19.7 Å². The van der Waals surface area contributed by atoms with Gasteiger partial charge in [-0.25, -0.2) is 4.98 Å². The van der Waals surface area contributed by atoms with Crippen molar-refractivity contribution in [2.75, 3.05) is 5.32 Å². The molecule has 3 rings (SSSR count). The summed E-state index contributed by atoms with van der Waals surface area (Å²) in [5.74, 6) is 2.82. The van der Waals surface area contributed by atoms with E-state index in [9.17, 15) is 0 Å². The number of nitrogens with zero attached hydrogens (tertiary/aromatic N) is 5. The van der Waals surface area contributed by atoms with E-state index in [1.807, 2.05) is 13.0 Å². The minimum atomic E-state index is 0.322. The van der Waals surface area contributed by atoms with E-state index >= 15 is 0 Å². The molecule has 0 saturated heterocycles. The van der Waals surface area contributed by atoms with Gasteiger partial charge >= 0.3 is 0 Å². The third-order valence-corrected chi connectivity index (χ3v) is 3.38. The lowest BCUT2D eigenvalue weighted by Gasteiger charge is -2.25. The molecule has 1 N–H and O–H groups in total. The van der Waals surface area contributed by atoms with Gasteiger partial charge in [-0.2, -0.15) is 5.26 Å². The molecule has 0 radical (unpaired) electrons. The van der Waals surface area contributed by atoms with Crippen LogP contribution in [0.3, 0.4) is 0 Å². The van der Waals surface area contributed by atoms with Crippen LogP contribution >= 0.6 is 0 Å². The number of hydrogen-bond acceptors (Lipinski definition) is 5. The second-order valence-electron chi connectivity index (χ2n) is 4.70. The van der Waals surface area contributed by atoms with Gasteiger partial charge in [-0.1, -0.05) is 0 Å². The normalized spacial score (nSPS) is 17.6. The molecule has 19 heavy (non-hydrogen) atoms. The van der Waals surface area contributed by atoms with Crippen molar-refractivity contribution in [1.29, 1.82) is 5.26 Å². The molecular weight excluding hydrogens is 240 g/mol. The van der Waals surface area contributed by atoms with Gasteiger partial charge in [0.1, 0.15) is 23.5 Å². The Hall–Kier alpha value is -2.42. The van der Waals surface area contributed by atoms with Gasteiger partial charge in [-0.3, -0.25) is 0 Å². The summed E-state index contributed by atoms with van der Waals surface area (Å²) in [6, 6.07) is 6.00. The lowest BCUT2D eigenvalue weighted by atomic mass is 10.1. The van der Waals surface area contributed by atoms with Crippen LogP contribution in [0.1, 0.15) is 23.6 Å². The molecule has 2 aromatic heterocycles. The van der Waals surface area contributed by atoms with E-state index in [2.05, 4.69) is 31.1 Å². The number of pyridine rings is 1. The van der Waals surface area contributed by atoms with Crippen LogP contribution in [0.5, 0.6) is 0 Å². The predicted molar refractivity (Wildman–Crippen MR) is 69.4 cm³/mol. The molecule has 6 heteroatoms. The van der Waals surface area contributed by atoms with E-state index in [0.717, 1.165) is 36.9 Å². The zero-order valence-electron chi connectivity index (χ0n) is 10.7. The average molecular weight is 254 g/mol. The van der Waals surface area contributed by atoms with Gasteiger partial charge in [0.25, 0.3) is 0 Å². The number of fused-ring (bicyclic) bond motifs is 1. The first-order chi connectivity index (χ1) is 9.26. The molecule has 2 aromatic rings. The lowest BCUT2D eigenvalue weighted by Crippen LogP contribution is -2.32. The molecule has 1 aliphatic rings. The number of hydrogen-bond donors (Lipinski definition) is 1. The molecule has 0 aliphatic carbocycles. The van der Waals surface area contributed by atoms with Crippen LogP contribution < -0.4 is 5.32 Å². The molecule has 6 nitrogen and oxygen atoms in total. The number of nitrogens with one attached hydrogen (secondary N) is 1. The zero-order valence-corrected chi connectivity index (χ0v) is 10.7. The highest BCUT2D eigenvalue weighted by Gasteiger charge is 2.21. The van der Waals surface area contributed by atoms with E-state index in [4.69, 9.17) is 5.26 Å². The summed E-state index contributed by atoms with van der Waals surface area (Å²) in [6.45, 7) is 2.83. The van der Waals surface area contributed by atoms with Crippen molar-refractivity contribution in [2.45, 2.75) is 32.4 Å². The summed E-state index contributed by atoms with van der Waals surface area (Å²) in [5, 5.41) is 20.4. The Balaban J connectivity index is 1.71. The fourth-order valence-electron chi connectivity index (χ4n) is 2.33. The maximum absolute atomic E-state index is 8.74. The molecule has 3 heterocycles. The van der Waals surface area contributed by atoms with Crippen molar-refractivity contribution in [2.24, 2.45) is 0 Å². The fourth-order valence-corrected chi connectivity index (χ4v) is 2.33. The summed E-state index contributed by atoms with van der Waals surface area (Å²) in [7, 11) is 0. The number of anilines is 1. The van der Waals surface area contributed by atoms with Crippen molar-refractivity contribution in [3.05, 3.63) is 35.5 Å². The molecule has 0 aromatic carbocycles. The van der Waals surface area contributed by atoms with Crippen molar-refractivity contribution < 1.29 is 0 Å². The fraction of sp³-hybridized carbons (Fsp3) is 0.385. The molecule has 0 fully saturated rings. The maximum Gasteiger partial charge on any atom is 0.133 e. The van der Waals surface area contributed by atoms with Gasteiger partial charge in [-0.15, -0.1) is 10.2 Å². The second kappa shape index (κ2) is 4.69. The summed E-state index contributed by atoms with van der Waals surface area (Å²) in [5.41, 5.74) is 0.575. The Bertz CT molecular complexity index is 622. The van der Waals surface area contributed by atoms with Crippen molar-refractivity contribution in [3.63, 3.8) is 0 Å². The van der Waals surface area contributed by atoms with Crippen LogP contribution in [0, 0.1) is 18.3 Å². The summed E-state index contributed by atoms with van der Waals surface area (Å²) >= 11 is 0. The third kappa shape index (κ3) is 2.27. The number of nitriles is 1. The lowest BCUT2D eigenvalue weighted by molar-refractivity contribution is 0.469. The highest BCUT2D eigenvalue weighted by Crippen LogP contribution is 2.17. The molecule has 1 atom stereocenters. The largest absolute Gasteiger partial charge is 0.366 e. The summed E-state index contributed by atoms with van der Waals surface area (Å²) in [6.07, 6.45) is 3.52. The molecule has 0 bridgehead atoms. The standard InChI is InChI=1S/C13H14N6/c1-9-17-18-13-5-3-11(8-19(9)13)16-12-4-2-10(6-14)7-15-12/h2,4,7,11H,3,5,8H2,1H3,(H,15,16)/t11-/m1/s1. The van der Waals surface area contributed by atoms with Gasteiger partial charge in [0.2, 0.25) is 0 Å². The van der Waals surface area contributed by atoms with Gasteiger partial charge in [0.15, 0.2) is 0 Å². The number of rotatable bonds is 2. The van der Waals surface area contributed by atoms with E-state index in [-0.39, 0.29) is 0 Å². The smallest absolute Gasteiger partial charge is 0.133 e. The third-order valence-electron chi connectivity index (χ3n) is 3.38. The number of aryl methyl sites for hydroxylation is 2. The van der Waals surface area contributed by atoms with Crippen LogP contribution in [0.15, 0.2) is 18.3 Å². The minimum absolute atomic E-state index is 0.322. The second-order valence-corrected chi connectivity index (χ2v) is 4.70. The zero-order chi connectivity index (χ0) is 13.2. The SMILES string of the molecule is Cc1nnc2n1C[C@H](Nc1ccc(C#N)cn1)CC2. The first-order valence-corrected chi connectivity index (χ1v) is 6.27. The van der Waals surface area contributed by atoms with Crippen LogP contribution in [0.25, 0.3) is 0 Å². The first kappa shape index (κ1) is 11.7. The molecule has 0 amide bonds. The molecule has 1 aliphatic heterocycles. The van der Waals surface area contributed by atoms with Crippen LogP contribution in [-0.4, -0.2) is 25.8 Å². The van der Waals surface area contributed by atoms with Crippen molar-refractivity contribution in [3.8, 4) is 6.07 Å². The Morgan fingerprint density at radius 2 is 2.32 bits per heavy atom. The quantitative estimate of drug-likeness (QED) is 0.873. The highest BCUT2D eigenvalue weighted by molar-refractivity contribution is 5.39. The maximum atomic E-state index is 8.74. The number of aromatic nitrogens is 4. The van der Waals surface area contributed by atoms with Gasteiger partial charge in [0.05, 0.1) is 5.56 Å². The van der Waals surface area contributed by atoms with Gasteiger partial charge in [0, 0.05) is 25.2 Å². The van der Waals surface area contributed by atoms with E-state index < -0.39 is 0 Å². The monoisotopic (exact) mass is 254 g/mol. The molecule has 0 saturated carbocycles. The van der Waals surface area contributed by atoms with Crippen LogP contribution in [-0.2, 0) is 13.0 Å². The predicted octanol–water partition coefficient (Wildman–Crippen LogP) is 1.28. The molecule has 0 unspecified atom stereocenters. The molecule has 96 valence electrons. The van der Waals surface area contributed by atoms with Crippen LogP contribution in [0.2, 0.25) is 0 Å². The Labute approximate surface area is 111 Å². The van der Waals surface area contributed by atoms with Crippen LogP contribution in [0.4, 0.5) is 5.82 Å².